The molecule has 2 N–H and O–H groups in total. The molecule has 0 aliphatic carbocycles. The Balaban J connectivity index is 0.000000487. The van der Waals surface area contributed by atoms with Gasteiger partial charge in [0.15, 0.2) is 0 Å². The van der Waals surface area contributed by atoms with Crippen molar-refractivity contribution in [1.82, 2.24) is 4.98 Å². The number of fused-ring (bicyclic) bond motifs is 1. The number of aromatic nitrogens is 1. The van der Waals surface area contributed by atoms with Gasteiger partial charge in [0.05, 0.1) is 0 Å². The van der Waals surface area contributed by atoms with Crippen molar-refractivity contribution in [2.45, 2.75) is 33.2 Å². The van der Waals surface area contributed by atoms with Crippen LogP contribution in [0.4, 0.5) is 5.69 Å². The van der Waals surface area contributed by atoms with Gasteiger partial charge in [-0.15, -0.1) is 0 Å². The van der Waals surface area contributed by atoms with Crippen molar-refractivity contribution >= 4 is 16.6 Å². The van der Waals surface area contributed by atoms with E-state index in [1.807, 2.05) is 13.8 Å². The van der Waals surface area contributed by atoms with Crippen LogP contribution < -0.4 is 4.90 Å². The molecule has 2 heterocycles. The van der Waals surface area contributed by atoms with Crippen LogP contribution in [0.15, 0.2) is 54.6 Å². The number of anilines is 1. The lowest BCUT2D eigenvalue weighted by Crippen LogP contribution is -2.45. The third-order valence-corrected chi connectivity index (χ3v) is 4.35. The van der Waals surface area contributed by atoms with Crippen molar-refractivity contribution in [2.75, 3.05) is 18.6 Å². The molecule has 1 aromatic heterocycles. The Morgan fingerprint density at radius 1 is 1.00 bits per heavy atom. The molecule has 3 nitrogen and oxygen atoms in total. The second-order valence-electron chi connectivity index (χ2n) is 5.62. The van der Waals surface area contributed by atoms with Crippen LogP contribution in [-0.4, -0.2) is 29.8 Å². The van der Waals surface area contributed by atoms with Gasteiger partial charge in [0.25, 0.3) is 0 Å². The van der Waals surface area contributed by atoms with E-state index in [-0.39, 0.29) is 0 Å². The van der Waals surface area contributed by atoms with Gasteiger partial charge in [-0.2, -0.15) is 0 Å². The Morgan fingerprint density at radius 3 is 2.29 bits per heavy atom. The van der Waals surface area contributed by atoms with E-state index in [2.05, 4.69) is 71.4 Å². The van der Waals surface area contributed by atoms with E-state index in [0.29, 0.717) is 6.04 Å². The second-order valence-corrected chi connectivity index (χ2v) is 5.62. The molecule has 1 unspecified atom stereocenters. The number of para-hydroxylation sites is 2. The maximum absolute atomic E-state index is 7.00. The van der Waals surface area contributed by atoms with Gasteiger partial charge >= 0.3 is 0 Å². The number of aromatic amines is 1. The first kappa shape index (κ1) is 18.1. The molecule has 0 spiro atoms. The highest BCUT2D eigenvalue weighted by molar-refractivity contribution is 5.89. The van der Waals surface area contributed by atoms with Gasteiger partial charge < -0.3 is 15.0 Å². The number of benzene rings is 2. The molecule has 24 heavy (non-hydrogen) atoms. The molecular weight excluding hydrogens is 296 g/mol. The molecule has 1 aliphatic rings. The van der Waals surface area contributed by atoms with Crippen LogP contribution in [-0.2, 0) is 0 Å². The summed E-state index contributed by atoms with van der Waals surface area (Å²) in [7, 11) is 1.00. The number of aliphatic hydroxyl groups is 1. The molecule has 0 bridgehead atoms. The van der Waals surface area contributed by atoms with Crippen LogP contribution in [0.2, 0.25) is 0 Å². The SMILES string of the molecule is CC.CC1CCN1c1ccccc1-c1cc2ccccc2[nH]1.CO. The summed E-state index contributed by atoms with van der Waals surface area (Å²) < 4.78 is 0. The minimum atomic E-state index is 0.653. The van der Waals surface area contributed by atoms with E-state index in [9.17, 15) is 0 Å². The minimum absolute atomic E-state index is 0.653. The summed E-state index contributed by atoms with van der Waals surface area (Å²) in [4.78, 5) is 6.03. The Kier molecular flexibility index (Phi) is 6.44. The van der Waals surface area contributed by atoms with Crippen molar-refractivity contribution < 1.29 is 5.11 Å². The fourth-order valence-electron chi connectivity index (χ4n) is 3.04. The number of rotatable bonds is 2. The van der Waals surface area contributed by atoms with Crippen LogP contribution in [0.5, 0.6) is 0 Å². The number of nitrogens with zero attached hydrogens (tertiary/aromatic N) is 1. The standard InChI is InChI=1S/C18H18N2.C2H6.CH4O/c1-13-10-11-20(13)18-9-5-3-7-15(18)17-12-14-6-2-4-8-16(14)19-17;2*1-2/h2-9,12-13,19H,10-11H2,1H3;1-2H3;2H,1H3. The lowest BCUT2D eigenvalue weighted by atomic mass is 10.00. The molecule has 0 saturated carbocycles. The summed E-state index contributed by atoms with van der Waals surface area (Å²) in [5, 5.41) is 8.27. The van der Waals surface area contributed by atoms with Crippen LogP contribution in [0.3, 0.4) is 0 Å². The third kappa shape index (κ3) is 3.46. The van der Waals surface area contributed by atoms with E-state index in [1.54, 1.807) is 0 Å². The molecule has 1 saturated heterocycles. The fourth-order valence-corrected chi connectivity index (χ4v) is 3.04. The third-order valence-electron chi connectivity index (χ3n) is 4.35. The highest BCUT2D eigenvalue weighted by Crippen LogP contribution is 2.36. The summed E-state index contributed by atoms with van der Waals surface area (Å²) >= 11 is 0. The van der Waals surface area contributed by atoms with E-state index >= 15 is 0 Å². The summed E-state index contributed by atoms with van der Waals surface area (Å²) in [5.41, 5.74) is 5.06. The summed E-state index contributed by atoms with van der Waals surface area (Å²) in [6.45, 7) is 7.46. The molecule has 128 valence electrons. The Hall–Kier alpha value is -2.26. The van der Waals surface area contributed by atoms with Crippen LogP contribution in [0.25, 0.3) is 22.2 Å². The molecule has 1 fully saturated rings. The molecule has 1 atom stereocenters. The van der Waals surface area contributed by atoms with Gasteiger partial charge in [0.1, 0.15) is 0 Å². The van der Waals surface area contributed by atoms with E-state index in [0.717, 1.165) is 7.11 Å². The number of hydrogen-bond donors (Lipinski definition) is 2. The first-order chi connectivity index (χ1) is 11.8. The maximum atomic E-state index is 7.00. The Morgan fingerprint density at radius 2 is 1.67 bits per heavy atom. The van der Waals surface area contributed by atoms with Gasteiger partial charge in [-0.05, 0) is 31.5 Å². The zero-order chi connectivity index (χ0) is 17.5. The average Bonchev–Trinajstić information content (AvgIpc) is 3.08. The smallest absolute Gasteiger partial charge is 0.0485 e. The molecule has 4 rings (SSSR count). The molecule has 2 aromatic carbocycles. The Bertz CT molecular complexity index is 730. The predicted molar refractivity (Wildman–Crippen MR) is 105 cm³/mol. The first-order valence-corrected chi connectivity index (χ1v) is 8.71. The fraction of sp³-hybridized carbons (Fsp3) is 0.333. The molecule has 3 heteroatoms. The minimum Gasteiger partial charge on any atom is -0.400 e. The number of hydrogen-bond acceptors (Lipinski definition) is 2. The van der Waals surface area contributed by atoms with Crippen LogP contribution >= 0.6 is 0 Å². The highest BCUT2D eigenvalue weighted by atomic mass is 16.2. The van der Waals surface area contributed by atoms with E-state index < -0.39 is 0 Å². The lowest BCUT2D eigenvalue weighted by molar-refractivity contribution is 0.399. The predicted octanol–water partition coefficient (Wildman–Crippen LogP) is 5.07. The summed E-state index contributed by atoms with van der Waals surface area (Å²) in [5.74, 6) is 0. The molecular formula is C21H28N2O. The zero-order valence-electron chi connectivity index (χ0n) is 15.1. The lowest BCUT2D eigenvalue weighted by Gasteiger charge is -2.41. The number of aliphatic hydroxyl groups excluding tert-OH is 1. The highest BCUT2D eigenvalue weighted by Gasteiger charge is 2.25. The quantitative estimate of drug-likeness (QED) is 0.691. The zero-order valence-corrected chi connectivity index (χ0v) is 15.1. The van der Waals surface area contributed by atoms with Crippen molar-refractivity contribution in [3.63, 3.8) is 0 Å². The first-order valence-electron chi connectivity index (χ1n) is 8.71. The van der Waals surface area contributed by atoms with E-state index in [1.165, 1.54) is 40.8 Å². The normalized spacial score (nSPS) is 15.7. The van der Waals surface area contributed by atoms with Crippen molar-refractivity contribution in [2.24, 2.45) is 0 Å². The monoisotopic (exact) mass is 324 g/mol. The van der Waals surface area contributed by atoms with Gasteiger partial charge in [-0.3, -0.25) is 0 Å². The molecule has 0 amide bonds. The van der Waals surface area contributed by atoms with Crippen molar-refractivity contribution in [3.8, 4) is 11.3 Å². The summed E-state index contributed by atoms with van der Waals surface area (Å²) in [6, 6.07) is 20.1. The molecule has 0 radical (unpaired) electrons. The Labute approximate surface area is 144 Å². The topological polar surface area (TPSA) is 39.3 Å². The van der Waals surface area contributed by atoms with Crippen molar-refractivity contribution in [3.05, 3.63) is 54.6 Å². The van der Waals surface area contributed by atoms with Crippen LogP contribution in [0, 0.1) is 0 Å². The summed E-state index contributed by atoms with van der Waals surface area (Å²) in [6.07, 6.45) is 1.29. The van der Waals surface area contributed by atoms with E-state index in [4.69, 9.17) is 5.11 Å². The second kappa shape index (κ2) is 8.55. The number of nitrogens with one attached hydrogen (secondary N) is 1. The molecule has 3 aromatic rings. The van der Waals surface area contributed by atoms with Crippen LogP contribution in [0.1, 0.15) is 27.2 Å². The van der Waals surface area contributed by atoms with Gasteiger partial charge in [-0.25, -0.2) is 0 Å². The maximum Gasteiger partial charge on any atom is 0.0485 e. The average molecular weight is 324 g/mol. The largest absolute Gasteiger partial charge is 0.400 e. The van der Waals surface area contributed by atoms with Gasteiger partial charge in [-0.1, -0.05) is 50.2 Å². The number of H-pyrrole nitrogens is 1. The molecule has 1 aliphatic heterocycles. The van der Waals surface area contributed by atoms with Gasteiger partial charge in [0, 0.05) is 47.5 Å². The van der Waals surface area contributed by atoms with Gasteiger partial charge in [0.2, 0.25) is 0 Å². The van der Waals surface area contributed by atoms with Crippen molar-refractivity contribution in [1.29, 1.82) is 0 Å².